The van der Waals surface area contributed by atoms with Gasteiger partial charge in [0.05, 0.1) is 5.75 Å². The van der Waals surface area contributed by atoms with Gasteiger partial charge < -0.3 is 9.67 Å². The van der Waals surface area contributed by atoms with Gasteiger partial charge in [0.25, 0.3) is 0 Å². The number of thioether (sulfide) groups is 1. The van der Waals surface area contributed by atoms with Crippen LogP contribution >= 0.6 is 11.8 Å². The van der Waals surface area contributed by atoms with Crippen LogP contribution in [0, 0.1) is 6.92 Å². The van der Waals surface area contributed by atoms with Gasteiger partial charge in [-0.3, -0.25) is 4.79 Å². The van der Waals surface area contributed by atoms with Gasteiger partial charge in [0.1, 0.15) is 0 Å². The van der Waals surface area contributed by atoms with E-state index in [-0.39, 0.29) is 5.75 Å². The number of aromatic nitrogens is 2. The van der Waals surface area contributed by atoms with Crippen molar-refractivity contribution in [3.8, 4) is 0 Å². The highest BCUT2D eigenvalue weighted by Gasteiger charge is 2.07. The molecule has 0 saturated heterocycles. The van der Waals surface area contributed by atoms with E-state index in [1.807, 2.05) is 22.9 Å². The molecule has 2 aromatic rings. The number of carbonyl (C=O) groups is 1. The number of rotatable bonds is 5. The summed E-state index contributed by atoms with van der Waals surface area (Å²) in [7, 11) is 0. The zero-order valence-electron chi connectivity index (χ0n) is 10.0. The summed E-state index contributed by atoms with van der Waals surface area (Å²) < 4.78 is 1.97. The second-order valence-electron chi connectivity index (χ2n) is 3.95. The van der Waals surface area contributed by atoms with Crippen LogP contribution in [0.25, 0.3) is 0 Å². The summed E-state index contributed by atoms with van der Waals surface area (Å²) in [5.74, 6) is -0.796. The summed E-state index contributed by atoms with van der Waals surface area (Å²) in [5.41, 5.74) is 2.44. The van der Waals surface area contributed by atoms with Crippen molar-refractivity contribution in [2.45, 2.75) is 18.6 Å². The smallest absolute Gasteiger partial charge is 0.313 e. The fraction of sp³-hybridized carbons (Fsp3) is 0.231. The number of carboxylic acids is 1. The normalized spacial score (nSPS) is 10.5. The molecule has 0 aliphatic carbocycles. The topological polar surface area (TPSA) is 55.1 Å². The van der Waals surface area contributed by atoms with Crippen LogP contribution < -0.4 is 0 Å². The first kappa shape index (κ1) is 12.7. The lowest BCUT2D eigenvalue weighted by Crippen LogP contribution is -2.04. The molecule has 0 aliphatic heterocycles. The van der Waals surface area contributed by atoms with Gasteiger partial charge >= 0.3 is 5.97 Å². The summed E-state index contributed by atoms with van der Waals surface area (Å²) in [6.45, 7) is 2.78. The molecule has 4 nitrogen and oxygen atoms in total. The fourth-order valence-corrected chi connectivity index (χ4v) is 2.33. The molecule has 2 rings (SSSR count). The summed E-state index contributed by atoms with van der Waals surface area (Å²) in [4.78, 5) is 14.7. The summed E-state index contributed by atoms with van der Waals surface area (Å²) in [6, 6.07) is 8.15. The van der Waals surface area contributed by atoms with Gasteiger partial charge in [-0.1, -0.05) is 36.0 Å². The van der Waals surface area contributed by atoms with Gasteiger partial charge in [-0.2, -0.15) is 0 Å². The largest absolute Gasteiger partial charge is 0.481 e. The molecule has 0 amide bonds. The van der Waals surface area contributed by atoms with E-state index in [0.29, 0.717) is 6.54 Å². The van der Waals surface area contributed by atoms with Gasteiger partial charge in [-0.25, -0.2) is 4.98 Å². The van der Waals surface area contributed by atoms with Gasteiger partial charge in [-0.05, 0) is 18.1 Å². The Bertz CT molecular complexity index is 551. The molecule has 18 heavy (non-hydrogen) atoms. The molecule has 0 spiro atoms. The number of aryl methyl sites for hydroxylation is 1. The molecule has 0 bridgehead atoms. The third-order valence-electron chi connectivity index (χ3n) is 2.60. The molecule has 0 saturated carbocycles. The van der Waals surface area contributed by atoms with E-state index in [9.17, 15) is 4.79 Å². The number of benzene rings is 1. The van der Waals surface area contributed by atoms with Gasteiger partial charge in [0, 0.05) is 18.9 Å². The standard InChI is InChI=1S/C13H14N2O2S/c1-10-4-2-3-5-11(10)8-15-7-6-14-13(15)18-9-12(16)17/h2-7H,8-9H2,1H3,(H,16,17). The van der Waals surface area contributed by atoms with Crippen LogP contribution in [0.3, 0.4) is 0 Å². The Morgan fingerprint density at radius 2 is 2.22 bits per heavy atom. The van der Waals surface area contributed by atoms with Crippen molar-refractivity contribution in [2.24, 2.45) is 0 Å². The minimum absolute atomic E-state index is 0.0325. The highest BCUT2D eigenvalue weighted by atomic mass is 32.2. The Labute approximate surface area is 110 Å². The van der Waals surface area contributed by atoms with Crippen molar-refractivity contribution < 1.29 is 9.90 Å². The van der Waals surface area contributed by atoms with E-state index < -0.39 is 5.97 Å². The maximum Gasteiger partial charge on any atom is 0.313 e. The lowest BCUT2D eigenvalue weighted by Gasteiger charge is -2.09. The third-order valence-corrected chi connectivity index (χ3v) is 3.59. The van der Waals surface area contributed by atoms with Crippen molar-refractivity contribution in [3.05, 3.63) is 47.8 Å². The second kappa shape index (κ2) is 5.73. The number of carboxylic acid groups (broad SMARTS) is 1. The van der Waals surface area contributed by atoms with Gasteiger partial charge in [0.15, 0.2) is 5.16 Å². The van der Waals surface area contributed by atoms with Gasteiger partial charge in [0.2, 0.25) is 0 Å². The van der Waals surface area contributed by atoms with Crippen molar-refractivity contribution in [1.82, 2.24) is 9.55 Å². The molecule has 0 atom stereocenters. The Kier molecular flexibility index (Phi) is 4.04. The van der Waals surface area contributed by atoms with Crippen molar-refractivity contribution >= 4 is 17.7 Å². The quantitative estimate of drug-likeness (QED) is 0.841. The Balaban J connectivity index is 2.12. The zero-order valence-corrected chi connectivity index (χ0v) is 10.9. The number of imidazole rings is 1. The summed E-state index contributed by atoms with van der Waals surface area (Å²) in [6.07, 6.45) is 3.57. The molecule has 0 radical (unpaired) electrons. The van der Waals surface area contributed by atoms with Crippen LogP contribution in [0.4, 0.5) is 0 Å². The van der Waals surface area contributed by atoms with E-state index in [0.717, 1.165) is 5.16 Å². The molecule has 1 N–H and O–H groups in total. The Hall–Kier alpha value is -1.75. The summed E-state index contributed by atoms with van der Waals surface area (Å²) in [5, 5.41) is 9.42. The van der Waals surface area contributed by atoms with Crippen molar-refractivity contribution in [2.75, 3.05) is 5.75 Å². The molecule has 1 aromatic carbocycles. The first-order valence-corrected chi connectivity index (χ1v) is 6.55. The first-order chi connectivity index (χ1) is 8.66. The predicted molar refractivity (Wildman–Crippen MR) is 70.9 cm³/mol. The van der Waals surface area contributed by atoms with Crippen LogP contribution in [0.5, 0.6) is 0 Å². The molecule has 0 unspecified atom stereocenters. The molecular weight excluding hydrogens is 248 g/mol. The number of hydrogen-bond acceptors (Lipinski definition) is 3. The SMILES string of the molecule is Cc1ccccc1Cn1ccnc1SCC(=O)O. The number of nitrogens with zero attached hydrogens (tertiary/aromatic N) is 2. The van der Waals surface area contributed by atoms with Crippen LogP contribution in [0.1, 0.15) is 11.1 Å². The maximum atomic E-state index is 10.6. The summed E-state index contributed by atoms with van der Waals surface area (Å²) >= 11 is 1.24. The monoisotopic (exact) mass is 262 g/mol. The highest BCUT2D eigenvalue weighted by Crippen LogP contribution is 2.18. The molecular formula is C13H14N2O2S. The Morgan fingerprint density at radius 1 is 1.44 bits per heavy atom. The lowest BCUT2D eigenvalue weighted by molar-refractivity contribution is -0.133. The second-order valence-corrected chi connectivity index (χ2v) is 4.89. The third kappa shape index (κ3) is 3.13. The average molecular weight is 262 g/mol. The van der Waals surface area contributed by atoms with Crippen LogP contribution in [0.2, 0.25) is 0 Å². The van der Waals surface area contributed by atoms with Gasteiger partial charge in [-0.15, -0.1) is 0 Å². The first-order valence-electron chi connectivity index (χ1n) is 5.57. The molecule has 5 heteroatoms. The van der Waals surface area contributed by atoms with Crippen molar-refractivity contribution in [3.63, 3.8) is 0 Å². The minimum Gasteiger partial charge on any atom is -0.481 e. The van der Waals surface area contributed by atoms with E-state index in [2.05, 4.69) is 24.0 Å². The van der Waals surface area contributed by atoms with E-state index in [1.165, 1.54) is 22.9 Å². The fourth-order valence-electron chi connectivity index (χ4n) is 1.65. The molecule has 1 aromatic heterocycles. The Morgan fingerprint density at radius 3 is 2.94 bits per heavy atom. The van der Waals surface area contributed by atoms with Crippen molar-refractivity contribution in [1.29, 1.82) is 0 Å². The maximum absolute atomic E-state index is 10.6. The predicted octanol–water partition coefficient (Wildman–Crippen LogP) is 2.42. The van der Waals surface area contributed by atoms with E-state index in [4.69, 9.17) is 5.11 Å². The van der Waals surface area contributed by atoms with E-state index >= 15 is 0 Å². The average Bonchev–Trinajstić information content (AvgIpc) is 2.77. The lowest BCUT2D eigenvalue weighted by atomic mass is 10.1. The minimum atomic E-state index is -0.828. The number of hydrogen-bond donors (Lipinski definition) is 1. The van der Waals surface area contributed by atoms with Crippen LogP contribution in [0.15, 0.2) is 41.8 Å². The molecule has 1 heterocycles. The van der Waals surface area contributed by atoms with Crippen LogP contribution in [-0.2, 0) is 11.3 Å². The molecule has 94 valence electrons. The zero-order chi connectivity index (χ0) is 13.0. The molecule has 0 aliphatic rings. The van der Waals surface area contributed by atoms with Crippen LogP contribution in [-0.4, -0.2) is 26.4 Å². The number of aliphatic carboxylic acids is 1. The highest BCUT2D eigenvalue weighted by molar-refractivity contribution is 7.99. The molecule has 0 fully saturated rings. The van der Waals surface area contributed by atoms with E-state index in [1.54, 1.807) is 6.20 Å².